The monoisotopic (exact) mass is 198 g/mol. The summed E-state index contributed by atoms with van der Waals surface area (Å²) in [4.78, 5) is 11.1. The van der Waals surface area contributed by atoms with Crippen molar-refractivity contribution in [2.75, 3.05) is 6.61 Å². The van der Waals surface area contributed by atoms with Crippen molar-refractivity contribution in [2.45, 2.75) is 33.5 Å². The molecule has 0 fully saturated rings. The van der Waals surface area contributed by atoms with E-state index >= 15 is 0 Å². The second-order valence-electron chi connectivity index (χ2n) is 4.00. The van der Waals surface area contributed by atoms with Gasteiger partial charge in [-0.2, -0.15) is 0 Å². The Hall–Kier alpha value is -0.793. The molecule has 0 amide bonds. The van der Waals surface area contributed by atoms with Gasteiger partial charge in [0, 0.05) is 0 Å². The summed E-state index contributed by atoms with van der Waals surface area (Å²) in [5.74, 6) is -0.267. The minimum absolute atomic E-state index is 0.267. The highest BCUT2D eigenvalue weighted by Gasteiger charge is 2.08. The molecule has 0 saturated carbocycles. The normalized spacial score (nSPS) is 10.2. The van der Waals surface area contributed by atoms with Gasteiger partial charge in [-0.1, -0.05) is 25.3 Å². The van der Waals surface area contributed by atoms with Crippen molar-refractivity contribution in [3.05, 3.63) is 17.0 Å². The molecule has 0 aliphatic heterocycles. The Kier molecular flexibility index (Phi) is 4.74. The standard InChI is InChI=1S/C10H18O2Si/c1-6-12-10(11)9(2)7-8-13(3,4)5/h8H,6H2,1-5H3. The molecule has 0 rings (SSSR count). The SMILES string of the molecule is CCOC(=O)C(C)=C=C[Si](C)(C)C. The zero-order chi connectivity index (χ0) is 10.5. The summed E-state index contributed by atoms with van der Waals surface area (Å²) < 4.78 is 4.83. The molecule has 0 saturated heterocycles. The average molecular weight is 198 g/mol. The van der Waals surface area contributed by atoms with Crippen molar-refractivity contribution >= 4 is 14.0 Å². The minimum Gasteiger partial charge on any atom is -0.462 e. The van der Waals surface area contributed by atoms with Gasteiger partial charge < -0.3 is 4.74 Å². The lowest BCUT2D eigenvalue weighted by molar-refractivity contribution is -0.138. The zero-order valence-corrected chi connectivity index (χ0v) is 10.1. The molecule has 0 aromatic heterocycles. The van der Waals surface area contributed by atoms with E-state index in [0.29, 0.717) is 12.2 Å². The maximum atomic E-state index is 11.1. The molecule has 0 N–H and O–H groups in total. The van der Waals surface area contributed by atoms with E-state index < -0.39 is 8.07 Å². The largest absolute Gasteiger partial charge is 0.462 e. The van der Waals surface area contributed by atoms with E-state index in [1.165, 1.54) is 0 Å². The topological polar surface area (TPSA) is 26.3 Å². The predicted molar refractivity (Wildman–Crippen MR) is 57.2 cm³/mol. The van der Waals surface area contributed by atoms with Crippen LogP contribution in [0.5, 0.6) is 0 Å². The molecular weight excluding hydrogens is 180 g/mol. The van der Waals surface area contributed by atoms with Crippen molar-refractivity contribution in [3.8, 4) is 0 Å². The van der Waals surface area contributed by atoms with Crippen LogP contribution in [0, 0.1) is 0 Å². The lowest BCUT2D eigenvalue weighted by Crippen LogP contribution is -2.15. The first-order valence-electron chi connectivity index (χ1n) is 4.48. The van der Waals surface area contributed by atoms with E-state index in [2.05, 4.69) is 25.4 Å². The molecule has 0 radical (unpaired) electrons. The van der Waals surface area contributed by atoms with E-state index in [-0.39, 0.29) is 5.97 Å². The minimum atomic E-state index is -1.25. The molecule has 2 nitrogen and oxygen atoms in total. The molecule has 13 heavy (non-hydrogen) atoms. The van der Waals surface area contributed by atoms with Gasteiger partial charge in [0.25, 0.3) is 0 Å². The van der Waals surface area contributed by atoms with Gasteiger partial charge in [0.2, 0.25) is 0 Å². The summed E-state index contributed by atoms with van der Waals surface area (Å²) in [5, 5.41) is 0. The van der Waals surface area contributed by atoms with Gasteiger partial charge in [-0.15, -0.1) is 5.73 Å². The lowest BCUT2D eigenvalue weighted by atomic mass is 10.3. The Morgan fingerprint density at radius 1 is 1.46 bits per heavy atom. The van der Waals surface area contributed by atoms with Crippen molar-refractivity contribution in [1.82, 2.24) is 0 Å². The summed E-state index contributed by atoms with van der Waals surface area (Å²) in [7, 11) is -1.25. The highest BCUT2D eigenvalue weighted by Crippen LogP contribution is 2.02. The van der Waals surface area contributed by atoms with Crippen LogP contribution in [0.4, 0.5) is 0 Å². The first-order valence-corrected chi connectivity index (χ1v) is 8.06. The highest BCUT2D eigenvalue weighted by molar-refractivity contribution is 6.80. The van der Waals surface area contributed by atoms with Gasteiger partial charge in [0.15, 0.2) is 0 Å². The van der Waals surface area contributed by atoms with Crippen LogP contribution < -0.4 is 0 Å². The number of carbonyl (C=O) groups excluding carboxylic acids is 1. The van der Waals surface area contributed by atoms with Crippen molar-refractivity contribution < 1.29 is 9.53 Å². The van der Waals surface area contributed by atoms with E-state index in [9.17, 15) is 4.79 Å². The quantitative estimate of drug-likeness (QED) is 0.301. The highest BCUT2D eigenvalue weighted by atomic mass is 28.3. The van der Waals surface area contributed by atoms with Crippen LogP contribution in [0.25, 0.3) is 0 Å². The number of ether oxygens (including phenoxy) is 1. The van der Waals surface area contributed by atoms with E-state index in [1.54, 1.807) is 13.8 Å². The first-order chi connectivity index (χ1) is 5.87. The molecule has 0 aromatic carbocycles. The Morgan fingerprint density at radius 2 is 2.00 bits per heavy atom. The third kappa shape index (κ3) is 6.38. The smallest absolute Gasteiger partial charge is 0.341 e. The molecule has 0 aromatic rings. The van der Waals surface area contributed by atoms with Gasteiger partial charge >= 0.3 is 5.97 Å². The fraction of sp³-hybridized carbons (Fsp3) is 0.600. The van der Waals surface area contributed by atoms with Crippen LogP contribution in [-0.2, 0) is 9.53 Å². The number of hydrogen-bond acceptors (Lipinski definition) is 2. The third-order valence-corrected chi connectivity index (χ3v) is 2.31. The Bertz CT molecular complexity index is 242. The van der Waals surface area contributed by atoms with E-state index in [1.807, 2.05) is 5.70 Å². The van der Waals surface area contributed by atoms with Gasteiger partial charge in [-0.25, -0.2) is 4.79 Å². The van der Waals surface area contributed by atoms with Crippen LogP contribution >= 0.6 is 0 Å². The molecule has 0 aliphatic carbocycles. The van der Waals surface area contributed by atoms with Crippen molar-refractivity contribution in [2.24, 2.45) is 0 Å². The van der Waals surface area contributed by atoms with Gasteiger partial charge in [-0.3, -0.25) is 0 Å². The van der Waals surface area contributed by atoms with Crippen molar-refractivity contribution in [1.29, 1.82) is 0 Å². The summed E-state index contributed by atoms with van der Waals surface area (Å²) in [6.07, 6.45) is 0. The molecule has 0 heterocycles. The van der Waals surface area contributed by atoms with Crippen LogP contribution in [0.15, 0.2) is 17.0 Å². The summed E-state index contributed by atoms with van der Waals surface area (Å²) in [5.41, 5.74) is 5.56. The van der Waals surface area contributed by atoms with Crippen LogP contribution in [-0.4, -0.2) is 20.7 Å². The van der Waals surface area contributed by atoms with Crippen LogP contribution in [0.3, 0.4) is 0 Å². The van der Waals surface area contributed by atoms with Gasteiger partial charge in [0.1, 0.15) is 0 Å². The number of carbonyl (C=O) groups is 1. The molecule has 0 aliphatic rings. The summed E-state index contributed by atoms with van der Waals surface area (Å²) >= 11 is 0. The molecule has 0 spiro atoms. The third-order valence-electron chi connectivity index (χ3n) is 1.30. The second-order valence-corrected chi connectivity index (χ2v) is 9.02. The average Bonchev–Trinajstić information content (AvgIpc) is 1.99. The van der Waals surface area contributed by atoms with Gasteiger partial charge in [0.05, 0.1) is 20.3 Å². The molecule has 3 heteroatoms. The van der Waals surface area contributed by atoms with Gasteiger partial charge in [-0.05, 0) is 13.8 Å². The second kappa shape index (κ2) is 5.05. The fourth-order valence-corrected chi connectivity index (χ4v) is 1.27. The van der Waals surface area contributed by atoms with E-state index in [0.717, 1.165) is 0 Å². The van der Waals surface area contributed by atoms with Crippen molar-refractivity contribution in [3.63, 3.8) is 0 Å². The Labute approximate surface area is 81.3 Å². The Balaban J connectivity index is 4.49. The van der Waals surface area contributed by atoms with Crippen LogP contribution in [0.1, 0.15) is 13.8 Å². The fourth-order valence-electron chi connectivity index (χ4n) is 0.623. The maximum absolute atomic E-state index is 11.1. The Morgan fingerprint density at radius 3 is 2.38 bits per heavy atom. The summed E-state index contributed by atoms with van der Waals surface area (Å²) in [6, 6.07) is 0. The maximum Gasteiger partial charge on any atom is 0.341 e. The lowest BCUT2D eigenvalue weighted by Gasteiger charge is -2.05. The first kappa shape index (κ1) is 12.2. The zero-order valence-electron chi connectivity index (χ0n) is 9.10. The number of rotatable bonds is 3. The predicted octanol–water partition coefficient (Wildman–Crippen LogP) is 2.53. The molecule has 0 atom stereocenters. The molecular formula is C10H18O2Si. The number of hydrogen-bond donors (Lipinski definition) is 0. The summed E-state index contributed by atoms with van der Waals surface area (Å²) in [6.45, 7) is 10.5. The molecule has 74 valence electrons. The number of esters is 1. The molecule has 0 unspecified atom stereocenters. The van der Waals surface area contributed by atoms with E-state index in [4.69, 9.17) is 4.74 Å². The molecule has 0 bridgehead atoms. The van der Waals surface area contributed by atoms with Crippen LogP contribution in [0.2, 0.25) is 19.6 Å².